The number of morpholine rings is 1. The van der Waals surface area contributed by atoms with Crippen molar-refractivity contribution in [2.45, 2.75) is 32.5 Å². The van der Waals surface area contributed by atoms with Crippen molar-refractivity contribution in [3.8, 4) is 0 Å². The monoisotopic (exact) mass is 252 g/mol. The Hall–Kier alpha value is -0.970. The molecule has 1 aromatic rings. The smallest absolute Gasteiger partial charge is 0.126 e. The van der Waals surface area contributed by atoms with Crippen LogP contribution in [-0.4, -0.2) is 36.7 Å². The zero-order valence-electron chi connectivity index (χ0n) is 11.0. The topological polar surface area (TPSA) is 38.5 Å². The maximum Gasteiger partial charge on any atom is 0.126 e. The normalized spacial score (nSPS) is 23.0. The van der Waals surface area contributed by atoms with E-state index in [4.69, 9.17) is 10.5 Å². The van der Waals surface area contributed by atoms with E-state index in [1.54, 1.807) is 6.92 Å². The summed E-state index contributed by atoms with van der Waals surface area (Å²) in [5.74, 6) is -0.144. The van der Waals surface area contributed by atoms with Crippen LogP contribution in [-0.2, 0) is 11.3 Å². The van der Waals surface area contributed by atoms with Crippen LogP contribution >= 0.6 is 0 Å². The highest BCUT2D eigenvalue weighted by Crippen LogP contribution is 2.14. The number of hydrogen-bond donors (Lipinski definition) is 1. The van der Waals surface area contributed by atoms with Crippen LogP contribution in [0.1, 0.15) is 18.1 Å². The van der Waals surface area contributed by atoms with Crippen molar-refractivity contribution < 1.29 is 9.13 Å². The average molecular weight is 252 g/mol. The molecule has 18 heavy (non-hydrogen) atoms. The van der Waals surface area contributed by atoms with E-state index in [0.29, 0.717) is 12.2 Å². The Morgan fingerprint density at radius 2 is 2.33 bits per heavy atom. The Morgan fingerprint density at radius 1 is 1.56 bits per heavy atom. The van der Waals surface area contributed by atoms with Crippen molar-refractivity contribution >= 4 is 0 Å². The third kappa shape index (κ3) is 3.28. The maximum absolute atomic E-state index is 13.2. The highest BCUT2D eigenvalue weighted by atomic mass is 19.1. The van der Waals surface area contributed by atoms with Gasteiger partial charge in [0.1, 0.15) is 5.82 Å². The molecule has 2 N–H and O–H groups in total. The minimum Gasteiger partial charge on any atom is -0.374 e. The molecule has 100 valence electrons. The summed E-state index contributed by atoms with van der Waals surface area (Å²) in [5, 5.41) is 0. The molecule has 1 aliphatic heterocycles. The van der Waals surface area contributed by atoms with Gasteiger partial charge in [0.25, 0.3) is 0 Å². The molecule has 0 bridgehead atoms. The molecular weight excluding hydrogens is 231 g/mol. The molecule has 0 aliphatic carbocycles. The van der Waals surface area contributed by atoms with Crippen molar-refractivity contribution in [3.05, 3.63) is 35.1 Å². The Kier molecular flexibility index (Phi) is 4.32. The van der Waals surface area contributed by atoms with Gasteiger partial charge in [-0.05, 0) is 31.0 Å². The highest BCUT2D eigenvalue weighted by Gasteiger charge is 2.23. The van der Waals surface area contributed by atoms with Crippen LogP contribution in [0.2, 0.25) is 0 Å². The van der Waals surface area contributed by atoms with Gasteiger partial charge in [0, 0.05) is 25.7 Å². The molecule has 4 heteroatoms. The van der Waals surface area contributed by atoms with Gasteiger partial charge in [-0.1, -0.05) is 12.1 Å². The van der Waals surface area contributed by atoms with Crippen molar-refractivity contribution in [1.82, 2.24) is 4.90 Å². The van der Waals surface area contributed by atoms with Gasteiger partial charge in [-0.15, -0.1) is 0 Å². The predicted molar refractivity (Wildman–Crippen MR) is 69.8 cm³/mol. The zero-order valence-corrected chi connectivity index (χ0v) is 11.0. The first-order chi connectivity index (χ1) is 8.56. The van der Waals surface area contributed by atoms with Crippen molar-refractivity contribution in [2.75, 3.05) is 19.7 Å². The van der Waals surface area contributed by atoms with Crippen LogP contribution < -0.4 is 5.73 Å². The number of rotatable bonds is 3. The second-order valence-corrected chi connectivity index (χ2v) is 5.09. The lowest BCUT2D eigenvalue weighted by molar-refractivity contribution is -0.0403. The van der Waals surface area contributed by atoms with Gasteiger partial charge in [-0.2, -0.15) is 0 Å². The highest BCUT2D eigenvalue weighted by molar-refractivity contribution is 5.23. The van der Waals surface area contributed by atoms with Crippen LogP contribution in [0.4, 0.5) is 4.39 Å². The number of nitrogens with zero attached hydrogens (tertiary/aromatic N) is 1. The van der Waals surface area contributed by atoms with Gasteiger partial charge in [-0.3, -0.25) is 4.90 Å². The zero-order chi connectivity index (χ0) is 13.1. The Labute approximate surface area is 108 Å². The molecule has 1 fully saturated rings. The summed E-state index contributed by atoms with van der Waals surface area (Å²) in [5.41, 5.74) is 7.70. The number of hydrogen-bond acceptors (Lipinski definition) is 3. The summed E-state index contributed by atoms with van der Waals surface area (Å²) in [4.78, 5) is 2.31. The molecule has 0 aromatic heterocycles. The van der Waals surface area contributed by atoms with Crippen molar-refractivity contribution in [3.63, 3.8) is 0 Å². The molecule has 0 radical (unpaired) electrons. The predicted octanol–water partition coefficient (Wildman–Crippen LogP) is 1.68. The molecule has 0 saturated carbocycles. The van der Waals surface area contributed by atoms with E-state index in [1.165, 1.54) is 6.07 Å². The Morgan fingerprint density at radius 3 is 3.00 bits per heavy atom. The summed E-state index contributed by atoms with van der Waals surface area (Å²) < 4.78 is 18.8. The summed E-state index contributed by atoms with van der Waals surface area (Å²) in [7, 11) is 0. The van der Waals surface area contributed by atoms with E-state index in [9.17, 15) is 4.39 Å². The number of aryl methyl sites for hydroxylation is 1. The fraction of sp³-hybridized carbons (Fsp3) is 0.571. The molecule has 3 nitrogen and oxygen atoms in total. The van der Waals surface area contributed by atoms with E-state index < -0.39 is 0 Å². The van der Waals surface area contributed by atoms with Crippen LogP contribution in [0.5, 0.6) is 0 Å². The Balaban J connectivity index is 1.98. The second kappa shape index (κ2) is 5.78. The number of ether oxygens (including phenoxy) is 1. The van der Waals surface area contributed by atoms with E-state index in [0.717, 1.165) is 25.2 Å². The lowest BCUT2D eigenvalue weighted by Gasteiger charge is -2.34. The van der Waals surface area contributed by atoms with E-state index >= 15 is 0 Å². The lowest BCUT2D eigenvalue weighted by Crippen LogP contribution is -2.49. The van der Waals surface area contributed by atoms with Gasteiger partial charge >= 0.3 is 0 Å². The number of nitrogens with two attached hydrogens (primary N) is 1. The summed E-state index contributed by atoms with van der Waals surface area (Å²) >= 11 is 0. The number of halogens is 1. The Bertz CT molecular complexity index is 409. The van der Waals surface area contributed by atoms with Crippen LogP contribution in [0.3, 0.4) is 0 Å². The molecule has 1 saturated heterocycles. The molecule has 2 rings (SSSR count). The molecule has 2 unspecified atom stereocenters. The van der Waals surface area contributed by atoms with Gasteiger partial charge in [0.15, 0.2) is 0 Å². The van der Waals surface area contributed by atoms with Crippen molar-refractivity contribution in [2.24, 2.45) is 5.73 Å². The molecule has 2 atom stereocenters. The lowest BCUT2D eigenvalue weighted by atomic mass is 10.1. The largest absolute Gasteiger partial charge is 0.374 e. The summed E-state index contributed by atoms with van der Waals surface area (Å²) in [6, 6.07) is 5.33. The summed E-state index contributed by atoms with van der Waals surface area (Å²) in [6.07, 6.45) is 0.0975. The van der Waals surface area contributed by atoms with Crippen LogP contribution in [0.15, 0.2) is 18.2 Å². The third-order valence-electron chi connectivity index (χ3n) is 3.39. The first-order valence-corrected chi connectivity index (χ1v) is 6.41. The van der Waals surface area contributed by atoms with Crippen molar-refractivity contribution in [1.29, 1.82) is 0 Å². The first-order valence-electron chi connectivity index (χ1n) is 6.41. The standard InChI is InChI=1S/C14H21FN2O/c1-10-7-12(3-4-13(10)15)8-17-5-6-18-14(9-17)11(2)16/h3-4,7,11,14H,5-6,8-9,16H2,1-2H3. The van der Waals surface area contributed by atoms with Crippen LogP contribution in [0.25, 0.3) is 0 Å². The molecular formula is C14H21FN2O. The van der Waals surface area contributed by atoms with E-state index in [1.807, 2.05) is 19.1 Å². The third-order valence-corrected chi connectivity index (χ3v) is 3.39. The molecule has 0 amide bonds. The molecule has 1 aromatic carbocycles. The fourth-order valence-electron chi connectivity index (χ4n) is 2.26. The maximum atomic E-state index is 13.2. The van der Waals surface area contributed by atoms with E-state index in [2.05, 4.69) is 4.90 Å². The molecule has 0 spiro atoms. The molecule has 1 heterocycles. The van der Waals surface area contributed by atoms with Gasteiger partial charge < -0.3 is 10.5 Å². The van der Waals surface area contributed by atoms with Gasteiger partial charge in [-0.25, -0.2) is 4.39 Å². The minimum atomic E-state index is -0.144. The van der Waals surface area contributed by atoms with E-state index in [-0.39, 0.29) is 18.0 Å². The SMILES string of the molecule is Cc1cc(CN2CCOC(C(C)N)C2)ccc1F. The summed E-state index contributed by atoms with van der Waals surface area (Å²) in [6.45, 7) is 7.05. The average Bonchev–Trinajstić information content (AvgIpc) is 2.34. The minimum absolute atomic E-state index is 0.0442. The van der Waals surface area contributed by atoms with Gasteiger partial charge in [0.05, 0.1) is 12.7 Å². The fourth-order valence-corrected chi connectivity index (χ4v) is 2.26. The quantitative estimate of drug-likeness (QED) is 0.889. The first kappa shape index (κ1) is 13.5. The second-order valence-electron chi connectivity index (χ2n) is 5.09. The number of benzene rings is 1. The molecule has 1 aliphatic rings. The van der Waals surface area contributed by atoms with Gasteiger partial charge in [0.2, 0.25) is 0 Å². The van der Waals surface area contributed by atoms with Crippen LogP contribution in [0, 0.1) is 12.7 Å².